The number of ether oxygens (including phenoxy) is 1. The lowest BCUT2D eigenvalue weighted by Gasteiger charge is -2.12. The van der Waals surface area contributed by atoms with Crippen molar-refractivity contribution in [1.82, 2.24) is 9.78 Å². The molecule has 0 fully saturated rings. The number of anilines is 1. The van der Waals surface area contributed by atoms with Crippen LogP contribution in [0.2, 0.25) is 5.02 Å². The van der Waals surface area contributed by atoms with E-state index in [0.717, 1.165) is 30.0 Å². The van der Waals surface area contributed by atoms with Gasteiger partial charge in [0.15, 0.2) is 0 Å². The molecule has 0 amide bonds. The average molecular weight is 308 g/mol. The number of rotatable bonds is 7. The van der Waals surface area contributed by atoms with Gasteiger partial charge in [0.1, 0.15) is 5.75 Å². The molecule has 0 aliphatic rings. The van der Waals surface area contributed by atoms with Crippen LogP contribution in [0.5, 0.6) is 5.75 Å². The molecule has 1 N–H and O–H groups in total. The average Bonchev–Trinajstić information content (AvgIpc) is 2.96. The summed E-state index contributed by atoms with van der Waals surface area (Å²) >= 11 is 6.18. The highest BCUT2D eigenvalue weighted by Gasteiger charge is 2.08. The van der Waals surface area contributed by atoms with E-state index in [-0.39, 0.29) is 0 Å². The Hall–Kier alpha value is -1.68. The molecule has 0 aliphatic heterocycles. The van der Waals surface area contributed by atoms with Gasteiger partial charge in [-0.05, 0) is 31.0 Å². The van der Waals surface area contributed by atoms with E-state index in [4.69, 9.17) is 16.3 Å². The van der Waals surface area contributed by atoms with Gasteiger partial charge in [0, 0.05) is 12.3 Å². The second-order valence-electron chi connectivity index (χ2n) is 4.96. The maximum Gasteiger partial charge on any atom is 0.121 e. The lowest BCUT2D eigenvalue weighted by molar-refractivity contribution is 0.415. The number of hydrogen-bond donors (Lipinski definition) is 1. The summed E-state index contributed by atoms with van der Waals surface area (Å²) in [7, 11) is 1.64. The summed E-state index contributed by atoms with van der Waals surface area (Å²) in [4.78, 5) is 0. The quantitative estimate of drug-likeness (QED) is 0.817. The molecule has 0 atom stereocenters. The first-order chi connectivity index (χ1) is 10.2. The highest BCUT2D eigenvalue weighted by atomic mass is 35.5. The molecule has 0 spiro atoms. The van der Waals surface area contributed by atoms with Crippen LogP contribution in [0, 0.1) is 0 Å². The highest BCUT2D eigenvalue weighted by Crippen LogP contribution is 2.27. The van der Waals surface area contributed by atoms with Crippen molar-refractivity contribution in [3.63, 3.8) is 0 Å². The van der Waals surface area contributed by atoms with Gasteiger partial charge in [-0.2, -0.15) is 5.10 Å². The molecule has 0 aliphatic carbocycles. The van der Waals surface area contributed by atoms with Crippen LogP contribution in [0.3, 0.4) is 0 Å². The van der Waals surface area contributed by atoms with Crippen molar-refractivity contribution in [3.05, 3.63) is 41.2 Å². The SMILES string of the molecule is CCC(CC)n1ccc(CNc2cc(OC)ccc2Cl)n1. The normalized spacial score (nSPS) is 10.9. The zero-order chi connectivity index (χ0) is 15.2. The topological polar surface area (TPSA) is 39.1 Å². The van der Waals surface area contributed by atoms with Crippen molar-refractivity contribution in [2.24, 2.45) is 0 Å². The molecule has 1 aromatic heterocycles. The van der Waals surface area contributed by atoms with E-state index in [1.807, 2.05) is 35.1 Å². The smallest absolute Gasteiger partial charge is 0.121 e. The number of halogens is 1. The van der Waals surface area contributed by atoms with Crippen LogP contribution in [0.25, 0.3) is 0 Å². The Morgan fingerprint density at radius 3 is 2.71 bits per heavy atom. The Morgan fingerprint density at radius 1 is 1.29 bits per heavy atom. The molecule has 2 aromatic rings. The summed E-state index contributed by atoms with van der Waals surface area (Å²) in [6, 6.07) is 8.07. The van der Waals surface area contributed by atoms with Gasteiger partial charge in [0.05, 0.1) is 36.1 Å². The standard InChI is InChI=1S/C16H22ClN3O/c1-4-13(5-2)20-9-8-12(19-20)11-18-16-10-14(21-3)6-7-15(16)17/h6-10,13,18H,4-5,11H2,1-3H3. The van der Waals surface area contributed by atoms with E-state index in [2.05, 4.69) is 24.3 Å². The second kappa shape index (κ2) is 7.36. The third kappa shape index (κ3) is 3.91. The van der Waals surface area contributed by atoms with Crippen molar-refractivity contribution >= 4 is 17.3 Å². The molecule has 0 radical (unpaired) electrons. The molecule has 5 heteroatoms. The summed E-state index contributed by atoms with van der Waals surface area (Å²) in [5.41, 5.74) is 1.86. The summed E-state index contributed by atoms with van der Waals surface area (Å²) in [6.45, 7) is 5.01. The Morgan fingerprint density at radius 2 is 2.05 bits per heavy atom. The molecule has 21 heavy (non-hydrogen) atoms. The molecule has 0 saturated heterocycles. The van der Waals surface area contributed by atoms with Gasteiger partial charge in [-0.25, -0.2) is 0 Å². The van der Waals surface area contributed by atoms with Crippen LogP contribution in [-0.2, 0) is 6.54 Å². The predicted octanol–water partition coefficient (Wildman–Crippen LogP) is 4.52. The number of nitrogens with zero attached hydrogens (tertiary/aromatic N) is 2. The molecular weight excluding hydrogens is 286 g/mol. The summed E-state index contributed by atoms with van der Waals surface area (Å²) in [5.74, 6) is 0.782. The number of methoxy groups -OCH3 is 1. The second-order valence-corrected chi connectivity index (χ2v) is 5.36. The Kier molecular flexibility index (Phi) is 5.51. The van der Waals surface area contributed by atoms with E-state index < -0.39 is 0 Å². The summed E-state index contributed by atoms with van der Waals surface area (Å²) in [5, 5.41) is 8.60. The van der Waals surface area contributed by atoms with E-state index in [1.54, 1.807) is 7.11 Å². The van der Waals surface area contributed by atoms with Crippen molar-refractivity contribution < 1.29 is 4.74 Å². The van der Waals surface area contributed by atoms with Gasteiger partial charge in [-0.15, -0.1) is 0 Å². The van der Waals surface area contributed by atoms with Crippen LogP contribution in [-0.4, -0.2) is 16.9 Å². The fourth-order valence-corrected chi connectivity index (χ4v) is 2.47. The van der Waals surface area contributed by atoms with E-state index in [9.17, 15) is 0 Å². The fraction of sp³-hybridized carbons (Fsp3) is 0.438. The zero-order valence-corrected chi connectivity index (χ0v) is 13.5. The number of benzene rings is 1. The number of nitrogens with one attached hydrogen (secondary N) is 1. The largest absolute Gasteiger partial charge is 0.497 e. The van der Waals surface area contributed by atoms with Gasteiger partial charge in [-0.1, -0.05) is 25.4 Å². The first kappa shape index (κ1) is 15.7. The first-order valence-corrected chi connectivity index (χ1v) is 7.67. The third-order valence-electron chi connectivity index (χ3n) is 3.61. The Bertz CT molecular complexity index is 579. The summed E-state index contributed by atoms with van der Waals surface area (Å²) < 4.78 is 7.25. The molecule has 2 rings (SSSR count). The summed E-state index contributed by atoms with van der Waals surface area (Å²) in [6.07, 6.45) is 4.22. The van der Waals surface area contributed by atoms with Gasteiger partial charge in [-0.3, -0.25) is 4.68 Å². The van der Waals surface area contributed by atoms with E-state index in [0.29, 0.717) is 17.6 Å². The van der Waals surface area contributed by atoms with Crippen LogP contribution in [0.1, 0.15) is 38.4 Å². The highest BCUT2D eigenvalue weighted by molar-refractivity contribution is 6.33. The lowest BCUT2D eigenvalue weighted by Crippen LogP contribution is -2.09. The number of aromatic nitrogens is 2. The molecule has 1 aromatic carbocycles. The molecule has 0 saturated carbocycles. The van der Waals surface area contributed by atoms with Crippen LogP contribution >= 0.6 is 11.6 Å². The molecule has 0 bridgehead atoms. The van der Waals surface area contributed by atoms with Crippen LogP contribution in [0.15, 0.2) is 30.5 Å². The van der Waals surface area contributed by atoms with Gasteiger partial charge < -0.3 is 10.1 Å². The van der Waals surface area contributed by atoms with Gasteiger partial charge in [0.25, 0.3) is 0 Å². The zero-order valence-electron chi connectivity index (χ0n) is 12.8. The van der Waals surface area contributed by atoms with Gasteiger partial charge >= 0.3 is 0 Å². The molecular formula is C16H22ClN3O. The van der Waals surface area contributed by atoms with Crippen molar-refractivity contribution in [2.45, 2.75) is 39.3 Å². The minimum absolute atomic E-state index is 0.471. The maximum atomic E-state index is 6.18. The molecule has 4 nitrogen and oxygen atoms in total. The van der Waals surface area contributed by atoms with Crippen molar-refractivity contribution in [1.29, 1.82) is 0 Å². The minimum Gasteiger partial charge on any atom is -0.497 e. The van der Waals surface area contributed by atoms with Crippen LogP contribution in [0.4, 0.5) is 5.69 Å². The minimum atomic E-state index is 0.471. The monoisotopic (exact) mass is 307 g/mol. The lowest BCUT2D eigenvalue weighted by atomic mass is 10.2. The predicted molar refractivity (Wildman–Crippen MR) is 87.2 cm³/mol. The fourth-order valence-electron chi connectivity index (χ4n) is 2.29. The van der Waals surface area contributed by atoms with Gasteiger partial charge in [0.2, 0.25) is 0 Å². The van der Waals surface area contributed by atoms with Crippen molar-refractivity contribution in [3.8, 4) is 5.75 Å². The Labute approximate surface area is 131 Å². The number of hydrogen-bond acceptors (Lipinski definition) is 3. The first-order valence-electron chi connectivity index (χ1n) is 7.29. The molecule has 0 unspecified atom stereocenters. The van der Waals surface area contributed by atoms with Crippen molar-refractivity contribution in [2.75, 3.05) is 12.4 Å². The Balaban J connectivity index is 2.03. The third-order valence-corrected chi connectivity index (χ3v) is 3.94. The molecule has 114 valence electrons. The maximum absolute atomic E-state index is 6.18. The van der Waals surface area contributed by atoms with Crippen LogP contribution < -0.4 is 10.1 Å². The van der Waals surface area contributed by atoms with E-state index >= 15 is 0 Å². The van der Waals surface area contributed by atoms with E-state index in [1.165, 1.54) is 0 Å². The molecule has 1 heterocycles.